The normalized spacial score (nSPS) is 29.3. The average Bonchev–Trinajstić information content (AvgIpc) is 4.00. The molecule has 5 amide bonds. The summed E-state index contributed by atoms with van der Waals surface area (Å²) in [6, 6.07) is 12.8. The summed E-state index contributed by atoms with van der Waals surface area (Å²) in [7, 11) is -3.87. The second kappa shape index (κ2) is 12.7. The van der Waals surface area contributed by atoms with E-state index in [0.717, 1.165) is 22.3 Å². The van der Waals surface area contributed by atoms with Crippen molar-refractivity contribution in [2.45, 2.75) is 49.0 Å². The van der Waals surface area contributed by atoms with Crippen molar-refractivity contribution in [1.82, 2.24) is 26.2 Å². The van der Waals surface area contributed by atoms with Crippen molar-refractivity contribution < 1.29 is 37.2 Å². The number of benzene rings is 2. The van der Waals surface area contributed by atoms with E-state index in [1.165, 1.54) is 6.08 Å². The Morgan fingerprint density at radius 1 is 1.00 bits per heavy atom. The zero-order valence-corrected chi connectivity index (χ0v) is 27.3. The summed E-state index contributed by atoms with van der Waals surface area (Å²) in [5.41, 5.74) is 7.33. The molecule has 14 nitrogen and oxygen atoms in total. The van der Waals surface area contributed by atoms with E-state index in [1.807, 2.05) is 42.5 Å². The number of rotatable bonds is 6. The Labute approximate surface area is 282 Å². The third-order valence-electron chi connectivity index (χ3n) is 9.65. The topological polar surface area (TPSA) is 193 Å². The van der Waals surface area contributed by atoms with E-state index in [9.17, 15) is 27.6 Å². The van der Waals surface area contributed by atoms with Crippen LogP contribution in [0, 0.1) is 17.8 Å². The van der Waals surface area contributed by atoms with Gasteiger partial charge in [0.05, 0.1) is 17.1 Å². The predicted molar refractivity (Wildman–Crippen MR) is 177 cm³/mol. The summed E-state index contributed by atoms with van der Waals surface area (Å²) in [4.78, 5) is 59.1. The van der Waals surface area contributed by atoms with Crippen LogP contribution in [0.4, 0.5) is 4.79 Å². The van der Waals surface area contributed by atoms with Gasteiger partial charge in [-0.2, -0.15) is 0 Å². The lowest BCUT2D eigenvalue weighted by Gasteiger charge is -2.23. The fourth-order valence-electron chi connectivity index (χ4n) is 6.73. The van der Waals surface area contributed by atoms with E-state index in [-0.39, 0.29) is 32.4 Å². The molecule has 5 aliphatic rings. The van der Waals surface area contributed by atoms with Gasteiger partial charge in [0.15, 0.2) is 0 Å². The van der Waals surface area contributed by atoms with Crippen LogP contribution in [-0.4, -0.2) is 67.9 Å². The number of urea groups is 1. The first-order chi connectivity index (χ1) is 23.6. The zero-order valence-electron chi connectivity index (χ0n) is 26.4. The molecule has 3 saturated carbocycles. The first-order valence-electron chi connectivity index (χ1n) is 16.2. The van der Waals surface area contributed by atoms with Gasteiger partial charge >= 0.3 is 6.03 Å². The first-order valence-corrected chi connectivity index (χ1v) is 17.7. The van der Waals surface area contributed by atoms with Gasteiger partial charge in [0.25, 0.3) is 5.91 Å². The molecule has 5 N–H and O–H groups in total. The molecule has 1 heterocycles. The van der Waals surface area contributed by atoms with E-state index in [1.54, 1.807) is 12.2 Å². The molecule has 4 bridgehead atoms. The molecule has 49 heavy (non-hydrogen) atoms. The van der Waals surface area contributed by atoms with Gasteiger partial charge in [-0.1, -0.05) is 41.6 Å². The van der Waals surface area contributed by atoms with Gasteiger partial charge in [-0.25, -0.2) is 18.6 Å². The number of oxime groups is 1. The minimum Gasteiger partial charge on any atom is -0.490 e. The quantitative estimate of drug-likeness (QED) is 0.242. The van der Waals surface area contributed by atoms with Crippen LogP contribution in [0.1, 0.15) is 43.2 Å². The molecule has 3 fully saturated rings. The lowest BCUT2D eigenvalue weighted by molar-refractivity contribution is -0.136. The number of carbonyl (C=O) groups excluding carboxylic acids is 4. The number of hydrogen-bond donors (Lipinski definition) is 5. The minimum absolute atomic E-state index is 0.0617. The zero-order chi connectivity index (χ0) is 34.3. The maximum Gasteiger partial charge on any atom is 0.333 e. The van der Waals surface area contributed by atoms with E-state index >= 15 is 0 Å². The van der Waals surface area contributed by atoms with Crippen LogP contribution in [0.15, 0.2) is 72.4 Å². The predicted octanol–water partition coefficient (Wildman–Crippen LogP) is 1.78. The number of nitrogens with zero attached hydrogens (tertiary/aromatic N) is 1. The number of ether oxygens (including phenoxy) is 1. The van der Waals surface area contributed by atoms with Crippen LogP contribution in [0.3, 0.4) is 0 Å². The van der Waals surface area contributed by atoms with Gasteiger partial charge in [-0.15, -0.1) is 6.58 Å². The Hall–Kier alpha value is -5.18. The molecule has 4 aliphatic carbocycles. The summed E-state index contributed by atoms with van der Waals surface area (Å²) in [5, 5.41) is 9.28. The summed E-state index contributed by atoms with van der Waals surface area (Å²) in [6.45, 7) is 4.16. The Morgan fingerprint density at radius 3 is 2.53 bits per heavy atom. The third-order valence-corrected chi connectivity index (χ3v) is 11.5. The maximum atomic E-state index is 13.9. The van der Waals surface area contributed by atoms with Crippen LogP contribution in [0.25, 0.3) is 11.1 Å². The van der Waals surface area contributed by atoms with Crippen LogP contribution in [-0.2, 0) is 29.2 Å². The number of carbonyl (C=O) groups is 4. The summed E-state index contributed by atoms with van der Waals surface area (Å²) in [6.07, 6.45) is 5.48. The number of amides is 5. The molecule has 2 aromatic carbocycles. The fourth-order valence-corrected chi connectivity index (χ4v) is 8.09. The molecule has 7 rings (SSSR count). The van der Waals surface area contributed by atoms with Crippen LogP contribution in [0.2, 0.25) is 0 Å². The molecule has 0 saturated heterocycles. The highest BCUT2D eigenvalue weighted by Crippen LogP contribution is 2.46. The Balaban J connectivity index is 1.16. The third kappa shape index (κ3) is 6.37. The monoisotopic (exact) mass is 688 g/mol. The molecule has 15 heteroatoms. The van der Waals surface area contributed by atoms with Crippen LogP contribution < -0.4 is 30.9 Å². The summed E-state index contributed by atoms with van der Waals surface area (Å²) in [5.74, 6) is -3.96. The number of fused-ring (bicyclic) bond motifs is 6. The molecule has 0 radical (unpaired) electrons. The highest BCUT2D eigenvalue weighted by atomic mass is 32.2. The summed E-state index contributed by atoms with van der Waals surface area (Å²) >= 11 is 0. The van der Waals surface area contributed by atoms with Crippen molar-refractivity contribution in [3.05, 3.63) is 78.4 Å². The van der Waals surface area contributed by atoms with E-state index in [0.29, 0.717) is 24.3 Å². The number of hydrazine groups is 1. The summed E-state index contributed by atoms with van der Waals surface area (Å²) < 4.78 is 33.2. The van der Waals surface area contributed by atoms with Gasteiger partial charge in [-0.05, 0) is 67.5 Å². The lowest BCUT2D eigenvalue weighted by atomic mass is 9.94. The second-order valence-electron chi connectivity index (χ2n) is 12.9. The molecule has 256 valence electrons. The van der Waals surface area contributed by atoms with Gasteiger partial charge in [-0.3, -0.25) is 24.5 Å². The van der Waals surface area contributed by atoms with Crippen LogP contribution >= 0.6 is 0 Å². The van der Waals surface area contributed by atoms with Crippen molar-refractivity contribution in [3.8, 4) is 16.9 Å². The van der Waals surface area contributed by atoms with Gasteiger partial charge in [0.1, 0.15) is 29.7 Å². The van der Waals surface area contributed by atoms with Gasteiger partial charge in [0, 0.05) is 23.6 Å². The number of hydrogen-bond acceptors (Lipinski definition) is 9. The van der Waals surface area contributed by atoms with Crippen molar-refractivity contribution in [2.75, 3.05) is 13.2 Å². The largest absolute Gasteiger partial charge is 0.490 e. The highest BCUT2D eigenvalue weighted by Gasteiger charge is 2.62. The molecular weight excluding hydrogens is 652 g/mol. The Bertz CT molecular complexity index is 1910. The van der Waals surface area contributed by atoms with Crippen molar-refractivity contribution >= 4 is 39.5 Å². The van der Waals surface area contributed by atoms with Crippen molar-refractivity contribution in [1.29, 1.82) is 0 Å². The smallest absolute Gasteiger partial charge is 0.333 e. The first kappa shape index (κ1) is 32.4. The SMILES string of the molecule is C=C[C@H]1C[C@]1(NC(=O)C1C[C@@H]2C[C@H]1C(=O)NNC(=O)NC/C=C/COc1ccc3c(c1)/C(=N\O2)c1ccccc1-3)C(=O)NS(=O)(=O)C1CC1. The van der Waals surface area contributed by atoms with Gasteiger partial charge in [0.2, 0.25) is 21.8 Å². The van der Waals surface area contributed by atoms with Crippen molar-refractivity contribution in [3.63, 3.8) is 0 Å². The van der Waals surface area contributed by atoms with Gasteiger partial charge < -0.3 is 20.2 Å². The van der Waals surface area contributed by atoms with E-state index in [2.05, 4.69) is 37.9 Å². The molecular formula is C34H36N6O8S. The highest BCUT2D eigenvalue weighted by molar-refractivity contribution is 7.91. The standard InChI is InChI=1S/C34H36N6O8S/c1-2-19-18-34(19,32(43)40-49(45,46)22-10-11-22)36-30(41)27-16-21-17-28(27)31(42)37-38-33(44)35-13-5-6-14-47-20-9-12-24-23-7-3-4-8-25(23)29(39-48-21)26(24)15-20/h2-9,12,15,19,21-22,27-28H,1,10-11,13-14,16-18H2,(H,36,41)(H,37,42)(H,40,43)(H2,35,38,44)/b6-5+,39-29-/t19-,21+,27?,28+,34+/m0/s1. The number of nitrogens with one attached hydrogen (secondary N) is 5. The number of sulfonamides is 1. The Morgan fingerprint density at radius 2 is 1.78 bits per heavy atom. The van der Waals surface area contributed by atoms with Crippen LogP contribution in [0.5, 0.6) is 5.75 Å². The van der Waals surface area contributed by atoms with Crippen molar-refractivity contribution in [2.24, 2.45) is 22.9 Å². The van der Waals surface area contributed by atoms with E-state index < -0.39 is 68.4 Å². The Kier molecular flexibility index (Phi) is 8.38. The second-order valence-corrected chi connectivity index (χ2v) is 14.9. The molecule has 0 aromatic heterocycles. The molecule has 2 aromatic rings. The average molecular weight is 689 g/mol. The van der Waals surface area contributed by atoms with E-state index in [4.69, 9.17) is 9.57 Å². The molecule has 5 atom stereocenters. The fraction of sp³-hybridized carbons (Fsp3) is 0.382. The molecule has 0 spiro atoms. The molecule has 1 unspecified atom stereocenters. The minimum atomic E-state index is -3.87. The lowest BCUT2D eigenvalue weighted by Crippen LogP contribution is -2.55. The molecule has 1 aliphatic heterocycles. The maximum absolute atomic E-state index is 13.9.